The minimum atomic E-state index is 0.601. The predicted molar refractivity (Wildman–Crippen MR) is 77.0 cm³/mol. The van der Waals surface area contributed by atoms with Gasteiger partial charge in [0.05, 0.1) is 17.3 Å². The van der Waals surface area contributed by atoms with Crippen LogP contribution in [0.4, 0.5) is 0 Å². The van der Waals surface area contributed by atoms with E-state index in [9.17, 15) is 0 Å². The van der Waals surface area contributed by atoms with E-state index in [1.807, 2.05) is 36.4 Å². The number of nitrogens with zero attached hydrogens (tertiary/aromatic N) is 5. The molecule has 0 aliphatic carbocycles. The summed E-state index contributed by atoms with van der Waals surface area (Å²) in [5, 5.41) is 20.6. The highest BCUT2D eigenvalue weighted by atomic mass is 79.9. The maximum absolute atomic E-state index is 8.82. The van der Waals surface area contributed by atoms with Crippen LogP contribution in [0.2, 0.25) is 0 Å². The number of nitriles is 1. The van der Waals surface area contributed by atoms with Crippen LogP contribution >= 0.6 is 15.9 Å². The van der Waals surface area contributed by atoms with Gasteiger partial charge in [0.15, 0.2) is 5.82 Å². The van der Waals surface area contributed by atoms with E-state index in [2.05, 4.69) is 37.5 Å². The van der Waals surface area contributed by atoms with Gasteiger partial charge < -0.3 is 0 Å². The van der Waals surface area contributed by atoms with E-state index in [4.69, 9.17) is 5.26 Å². The minimum absolute atomic E-state index is 0.601. The van der Waals surface area contributed by atoms with Crippen LogP contribution in [0.3, 0.4) is 0 Å². The van der Waals surface area contributed by atoms with Crippen LogP contribution in [0.5, 0.6) is 0 Å². The Kier molecular flexibility index (Phi) is 3.27. The fraction of sp³-hybridized carbons (Fsp3) is 0. The second kappa shape index (κ2) is 5.23. The molecule has 1 heterocycles. The van der Waals surface area contributed by atoms with Gasteiger partial charge in [-0.15, -0.1) is 5.10 Å². The van der Waals surface area contributed by atoms with Crippen molar-refractivity contribution >= 4 is 15.9 Å². The van der Waals surface area contributed by atoms with E-state index in [0.29, 0.717) is 11.4 Å². The van der Waals surface area contributed by atoms with Gasteiger partial charge >= 0.3 is 0 Å². The lowest BCUT2D eigenvalue weighted by Crippen LogP contribution is -2.00. The number of benzene rings is 2. The first-order valence-corrected chi connectivity index (χ1v) is 6.63. The van der Waals surface area contributed by atoms with Crippen molar-refractivity contribution in [2.24, 2.45) is 0 Å². The van der Waals surface area contributed by atoms with E-state index in [1.54, 1.807) is 16.8 Å². The summed E-state index contributed by atoms with van der Waals surface area (Å²) in [5.74, 6) is 0.641. The first-order chi connectivity index (χ1) is 9.79. The van der Waals surface area contributed by atoms with Gasteiger partial charge in [-0.1, -0.05) is 28.1 Å². The zero-order valence-electron chi connectivity index (χ0n) is 10.2. The van der Waals surface area contributed by atoms with Crippen molar-refractivity contribution in [2.45, 2.75) is 0 Å². The molecule has 0 N–H and O–H groups in total. The molecule has 96 valence electrons. The number of hydrogen-bond donors (Lipinski definition) is 0. The van der Waals surface area contributed by atoms with Crippen molar-refractivity contribution in [3.8, 4) is 23.1 Å². The maximum atomic E-state index is 8.82. The second-order valence-corrected chi connectivity index (χ2v) is 4.91. The summed E-state index contributed by atoms with van der Waals surface area (Å²) in [4.78, 5) is 0. The summed E-state index contributed by atoms with van der Waals surface area (Å²) in [6.07, 6.45) is 0. The first kappa shape index (κ1) is 12.5. The van der Waals surface area contributed by atoms with E-state index >= 15 is 0 Å². The molecule has 1 aromatic heterocycles. The molecule has 6 heteroatoms. The molecule has 2 aromatic carbocycles. The molecule has 3 rings (SSSR count). The molecule has 0 spiro atoms. The van der Waals surface area contributed by atoms with Gasteiger partial charge in [-0.25, -0.2) is 0 Å². The average Bonchev–Trinajstić information content (AvgIpc) is 2.97. The molecule has 20 heavy (non-hydrogen) atoms. The molecule has 0 saturated carbocycles. The Morgan fingerprint density at radius 2 is 1.80 bits per heavy atom. The third kappa shape index (κ3) is 2.19. The van der Waals surface area contributed by atoms with Crippen LogP contribution in [-0.4, -0.2) is 20.2 Å². The highest BCUT2D eigenvalue weighted by molar-refractivity contribution is 9.10. The monoisotopic (exact) mass is 325 g/mol. The third-order valence-corrected chi connectivity index (χ3v) is 3.52. The van der Waals surface area contributed by atoms with Gasteiger partial charge in [-0.2, -0.15) is 9.94 Å². The summed E-state index contributed by atoms with van der Waals surface area (Å²) in [6, 6.07) is 16.9. The smallest absolute Gasteiger partial charge is 0.188 e. The molecule has 0 radical (unpaired) electrons. The van der Waals surface area contributed by atoms with Crippen LogP contribution in [0, 0.1) is 11.3 Å². The summed E-state index contributed by atoms with van der Waals surface area (Å²) >= 11 is 3.50. The number of aromatic nitrogens is 4. The van der Waals surface area contributed by atoms with Gasteiger partial charge in [0.1, 0.15) is 0 Å². The molecule has 0 fully saturated rings. The number of halogens is 1. The van der Waals surface area contributed by atoms with Crippen molar-refractivity contribution in [1.29, 1.82) is 5.26 Å². The fourth-order valence-corrected chi connectivity index (χ4v) is 2.31. The Morgan fingerprint density at radius 3 is 2.50 bits per heavy atom. The van der Waals surface area contributed by atoms with Crippen molar-refractivity contribution in [1.82, 2.24) is 20.2 Å². The highest BCUT2D eigenvalue weighted by Crippen LogP contribution is 2.27. The SMILES string of the molecule is N#Cc1ccc(-n2nnnc2-c2ccccc2Br)cc1. The van der Waals surface area contributed by atoms with Gasteiger partial charge in [0.2, 0.25) is 0 Å². The van der Waals surface area contributed by atoms with Crippen LogP contribution < -0.4 is 0 Å². The largest absolute Gasteiger partial charge is 0.193 e. The highest BCUT2D eigenvalue weighted by Gasteiger charge is 2.12. The van der Waals surface area contributed by atoms with E-state index in [-0.39, 0.29) is 0 Å². The Bertz CT molecular complexity index is 786. The molecular weight excluding hydrogens is 318 g/mol. The molecule has 0 amide bonds. The van der Waals surface area contributed by atoms with Crippen molar-refractivity contribution in [3.63, 3.8) is 0 Å². The quantitative estimate of drug-likeness (QED) is 0.726. The Balaban J connectivity index is 2.11. The Labute approximate surface area is 123 Å². The van der Waals surface area contributed by atoms with Gasteiger partial charge in [0.25, 0.3) is 0 Å². The lowest BCUT2D eigenvalue weighted by atomic mass is 10.2. The molecular formula is C14H8BrN5. The van der Waals surface area contributed by atoms with E-state index in [1.165, 1.54) is 0 Å². The zero-order chi connectivity index (χ0) is 13.9. The molecule has 5 nitrogen and oxygen atoms in total. The average molecular weight is 326 g/mol. The van der Waals surface area contributed by atoms with Gasteiger partial charge in [0, 0.05) is 10.0 Å². The number of rotatable bonds is 2. The molecule has 0 aliphatic heterocycles. The van der Waals surface area contributed by atoms with E-state index in [0.717, 1.165) is 15.7 Å². The molecule has 0 saturated heterocycles. The van der Waals surface area contributed by atoms with Crippen LogP contribution in [0.15, 0.2) is 53.0 Å². The topological polar surface area (TPSA) is 67.4 Å². The summed E-state index contributed by atoms with van der Waals surface area (Å²) in [6.45, 7) is 0. The van der Waals surface area contributed by atoms with E-state index < -0.39 is 0 Å². The van der Waals surface area contributed by atoms with Gasteiger partial charge in [-0.05, 0) is 46.8 Å². The lowest BCUT2D eigenvalue weighted by Gasteiger charge is -2.06. The fourth-order valence-electron chi connectivity index (χ4n) is 1.85. The lowest BCUT2D eigenvalue weighted by molar-refractivity contribution is 0.791. The number of tetrazole rings is 1. The maximum Gasteiger partial charge on any atom is 0.188 e. The molecule has 0 aliphatic rings. The normalized spacial score (nSPS) is 10.2. The Morgan fingerprint density at radius 1 is 1.05 bits per heavy atom. The molecule has 0 bridgehead atoms. The van der Waals surface area contributed by atoms with Crippen LogP contribution in [-0.2, 0) is 0 Å². The van der Waals surface area contributed by atoms with Crippen molar-refractivity contribution in [3.05, 3.63) is 58.6 Å². The Hall–Kier alpha value is -2.52. The minimum Gasteiger partial charge on any atom is -0.193 e. The number of hydrogen-bond acceptors (Lipinski definition) is 4. The molecule has 0 atom stereocenters. The van der Waals surface area contributed by atoms with Crippen LogP contribution in [0.25, 0.3) is 17.1 Å². The molecule has 3 aromatic rings. The van der Waals surface area contributed by atoms with Crippen LogP contribution in [0.1, 0.15) is 5.56 Å². The van der Waals surface area contributed by atoms with Crippen molar-refractivity contribution < 1.29 is 0 Å². The standard InChI is InChI=1S/C14H8BrN5/c15-13-4-2-1-3-12(13)14-17-18-19-20(14)11-7-5-10(9-16)6-8-11/h1-8H. The summed E-state index contributed by atoms with van der Waals surface area (Å²) < 4.78 is 2.56. The first-order valence-electron chi connectivity index (χ1n) is 5.83. The second-order valence-electron chi connectivity index (χ2n) is 4.05. The zero-order valence-corrected chi connectivity index (χ0v) is 11.8. The van der Waals surface area contributed by atoms with Gasteiger partial charge in [-0.3, -0.25) is 0 Å². The molecule has 0 unspecified atom stereocenters. The summed E-state index contributed by atoms with van der Waals surface area (Å²) in [5.41, 5.74) is 2.31. The van der Waals surface area contributed by atoms with Crippen molar-refractivity contribution in [2.75, 3.05) is 0 Å². The summed E-state index contributed by atoms with van der Waals surface area (Å²) in [7, 11) is 0. The third-order valence-electron chi connectivity index (χ3n) is 2.83. The predicted octanol–water partition coefficient (Wildman–Crippen LogP) is 2.96.